The van der Waals surface area contributed by atoms with Gasteiger partial charge in [-0.25, -0.2) is 0 Å². The number of aliphatic hydroxyl groups is 2. The molecular weight excluding hydrogens is 404 g/mol. The molecule has 0 radical (unpaired) electrons. The molecule has 0 bridgehead atoms. The van der Waals surface area contributed by atoms with Gasteiger partial charge >= 0.3 is 0 Å². The van der Waals surface area contributed by atoms with Crippen molar-refractivity contribution in [1.29, 1.82) is 0 Å². The molecule has 8 nitrogen and oxygen atoms in total. The van der Waals surface area contributed by atoms with Gasteiger partial charge < -0.3 is 33.9 Å². The Kier molecular flexibility index (Phi) is 6.84. The molecule has 3 aromatic rings. The predicted octanol–water partition coefficient (Wildman–Crippen LogP) is 2.80. The largest absolute Gasteiger partial charge is 0.507 e. The van der Waals surface area contributed by atoms with Gasteiger partial charge in [-0.1, -0.05) is 0 Å². The molecular formula is C23H24O8. The number of aromatic hydroxyl groups is 1. The van der Waals surface area contributed by atoms with Crippen molar-refractivity contribution in [2.24, 2.45) is 0 Å². The minimum atomic E-state index is -1.10. The zero-order valence-electron chi connectivity index (χ0n) is 17.4. The summed E-state index contributed by atoms with van der Waals surface area (Å²) < 4.78 is 21.3. The summed E-state index contributed by atoms with van der Waals surface area (Å²) in [4.78, 5) is 13.4. The van der Waals surface area contributed by atoms with Crippen LogP contribution in [0.4, 0.5) is 0 Å². The summed E-state index contributed by atoms with van der Waals surface area (Å²) in [6, 6.07) is 9.51. The van der Waals surface area contributed by atoms with E-state index >= 15 is 0 Å². The van der Waals surface area contributed by atoms with Gasteiger partial charge in [0.25, 0.3) is 0 Å². The minimum Gasteiger partial charge on any atom is -0.507 e. The number of phenolic OH excluding ortho intramolecular Hbond substituents is 1. The first kappa shape index (κ1) is 22.2. The van der Waals surface area contributed by atoms with Crippen molar-refractivity contribution in [3.8, 4) is 34.3 Å². The van der Waals surface area contributed by atoms with Crippen molar-refractivity contribution in [1.82, 2.24) is 0 Å². The van der Waals surface area contributed by atoms with Gasteiger partial charge in [-0.05, 0) is 42.0 Å². The number of phenols is 1. The van der Waals surface area contributed by atoms with Crippen LogP contribution in [-0.4, -0.2) is 55.1 Å². The number of benzene rings is 2. The maximum absolute atomic E-state index is 13.4. The lowest BCUT2D eigenvalue weighted by atomic mass is 9.94. The number of hydrogen-bond donors (Lipinski definition) is 3. The van der Waals surface area contributed by atoms with Crippen LogP contribution >= 0.6 is 0 Å². The molecule has 0 saturated carbocycles. The third-order valence-corrected chi connectivity index (χ3v) is 4.83. The first-order valence-corrected chi connectivity index (χ1v) is 9.46. The second kappa shape index (κ2) is 9.55. The van der Waals surface area contributed by atoms with Crippen molar-refractivity contribution >= 4 is 5.78 Å². The van der Waals surface area contributed by atoms with Crippen molar-refractivity contribution in [2.45, 2.75) is 12.5 Å². The molecule has 1 aromatic heterocycles. The van der Waals surface area contributed by atoms with Crippen molar-refractivity contribution < 1.29 is 38.7 Å². The zero-order chi connectivity index (χ0) is 22.5. The number of carbonyl (C=O) groups is 1. The van der Waals surface area contributed by atoms with Crippen molar-refractivity contribution in [3.05, 3.63) is 59.4 Å². The number of methoxy groups -OCH3 is 3. The molecule has 2 aromatic carbocycles. The van der Waals surface area contributed by atoms with Gasteiger partial charge in [0, 0.05) is 17.5 Å². The summed E-state index contributed by atoms with van der Waals surface area (Å²) in [5, 5.41) is 29.9. The number of aliphatic hydroxyl groups excluding tert-OH is 2. The molecule has 1 heterocycles. The van der Waals surface area contributed by atoms with E-state index in [9.17, 15) is 20.1 Å². The predicted molar refractivity (Wildman–Crippen MR) is 112 cm³/mol. The third-order valence-electron chi connectivity index (χ3n) is 4.83. The highest BCUT2D eigenvalue weighted by molar-refractivity contribution is 6.12. The fourth-order valence-corrected chi connectivity index (χ4v) is 3.29. The van der Waals surface area contributed by atoms with Crippen LogP contribution in [0.15, 0.2) is 47.1 Å². The number of rotatable bonds is 9. The van der Waals surface area contributed by atoms with Crippen LogP contribution in [0, 0.1) is 0 Å². The number of furan rings is 1. The molecule has 0 fully saturated rings. The van der Waals surface area contributed by atoms with E-state index in [1.54, 1.807) is 18.2 Å². The van der Waals surface area contributed by atoms with E-state index in [0.717, 1.165) is 0 Å². The van der Waals surface area contributed by atoms with Gasteiger partial charge in [-0.3, -0.25) is 4.79 Å². The Morgan fingerprint density at radius 2 is 1.74 bits per heavy atom. The highest BCUT2D eigenvalue weighted by Crippen LogP contribution is 2.40. The zero-order valence-corrected chi connectivity index (χ0v) is 17.4. The molecule has 31 heavy (non-hydrogen) atoms. The summed E-state index contributed by atoms with van der Waals surface area (Å²) in [6.45, 7) is -0.486. The van der Waals surface area contributed by atoms with E-state index in [1.165, 1.54) is 45.8 Å². The van der Waals surface area contributed by atoms with Gasteiger partial charge in [-0.15, -0.1) is 0 Å². The molecule has 0 aliphatic carbocycles. The minimum absolute atomic E-state index is 0.00307. The van der Waals surface area contributed by atoms with Crippen molar-refractivity contribution in [2.75, 3.05) is 27.9 Å². The van der Waals surface area contributed by atoms with E-state index in [4.69, 9.17) is 18.6 Å². The number of carbonyl (C=O) groups excluding carboxylic acids is 1. The SMILES string of the molecule is COc1cc(C(=O)c2cc(-c3ccco3)cc(CC(O)CO)c2O)cc(OC)c1OC. The van der Waals surface area contributed by atoms with Crippen LogP contribution in [0.1, 0.15) is 21.5 Å². The lowest BCUT2D eigenvalue weighted by molar-refractivity contribution is 0.0947. The molecule has 1 unspecified atom stereocenters. The summed E-state index contributed by atoms with van der Waals surface area (Å²) >= 11 is 0. The van der Waals surface area contributed by atoms with Crippen LogP contribution < -0.4 is 14.2 Å². The smallest absolute Gasteiger partial charge is 0.203 e. The van der Waals surface area contributed by atoms with Crippen LogP contribution in [-0.2, 0) is 6.42 Å². The van der Waals surface area contributed by atoms with E-state index in [1.807, 2.05) is 0 Å². The molecule has 3 N–H and O–H groups in total. The third kappa shape index (κ3) is 4.50. The number of hydrogen-bond acceptors (Lipinski definition) is 8. The second-order valence-corrected chi connectivity index (χ2v) is 6.79. The topological polar surface area (TPSA) is 119 Å². The highest BCUT2D eigenvalue weighted by Gasteiger charge is 2.23. The Bertz CT molecular complexity index is 1030. The van der Waals surface area contributed by atoms with Gasteiger partial charge in [-0.2, -0.15) is 0 Å². The van der Waals surface area contributed by atoms with Gasteiger partial charge in [0.1, 0.15) is 11.5 Å². The van der Waals surface area contributed by atoms with Gasteiger partial charge in [0.05, 0.1) is 45.9 Å². The standard InChI is InChI=1S/C23H24O8/c1-28-19-10-15(11-20(29-2)23(19)30-3)22(27)17-9-13(18-5-4-6-31-18)7-14(21(17)26)8-16(25)12-24/h4-7,9-11,16,24-26H,8,12H2,1-3H3. The molecule has 0 aliphatic heterocycles. The van der Waals surface area contributed by atoms with E-state index in [-0.39, 0.29) is 23.3 Å². The molecule has 0 spiro atoms. The Balaban J connectivity index is 2.16. The quantitative estimate of drug-likeness (QED) is 0.445. The van der Waals surface area contributed by atoms with Crippen LogP contribution in [0.25, 0.3) is 11.3 Å². The Morgan fingerprint density at radius 3 is 2.26 bits per heavy atom. The Labute approximate surface area is 179 Å². The molecule has 1 atom stereocenters. The van der Waals surface area contributed by atoms with Gasteiger partial charge in [0.15, 0.2) is 17.3 Å². The fraction of sp³-hybridized carbons (Fsp3) is 0.261. The molecule has 164 valence electrons. The van der Waals surface area contributed by atoms with Crippen molar-refractivity contribution in [3.63, 3.8) is 0 Å². The average Bonchev–Trinajstić information content (AvgIpc) is 3.33. The summed E-state index contributed by atoms with van der Waals surface area (Å²) in [6.07, 6.45) is 0.347. The number of ketones is 1. The summed E-state index contributed by atoms with van der Waals surface area (Å²) in [5.41, 5.74) is 1.04. The lowest BCUT2D eigenvalue weighted by Gasteiger charge is -2.16. The van der Waals surface area contributed by atoms with E-state index in [2.05, 4.69) is 0 Å². The lowest BCUT2D eigenvalue weighted by Crippen LogP contribution is -2.16. The molecule has 0 aliphatic rings. The molecule has 3 rings (SSSR count). The van der Waals surface area contributed by atoms with Gasteiger partial charge in [0.2, 0.25) is 5.75 Å². The summed E-state index contributed by atoms with van der Waals surface area (Å²) in [7, 11) is 4.34. The first-order chi connectivity index (χ1) is 14.9. The maximum Gasteiger partial charge on any atom is 0.203 e. The first-order valence-electron chi connectivity index (χ1n) is 9.46. The van der Waals surface area contributed by atoms with Crippen LogP contribution in [0.3, 0.4) is 0 Å². The molecule has 8 heteroatoms. The Morgan fingerprint density at radius 1 is 1.06 bits per heavy atom. The van der Waals surface area contributed by atoms with Crippen LogP contribution in [0.5, 0.6) is 23.0 Å². The van der Waals surface area contributed by atoms with E-state index in [0.29, 0.717) is 34.1 Å². The normalized spacial score (nSPS) is 11.8. The van der Waals surface area contributed by atoms with Crippen LogP contribution in [0.2, 0.25) is 0 Å². The monoisotopic (exact) mass is 428 g/mol. The summed E-state index contributed by atoms with van der Waals surface area (Å²) in [5.74, 6) is 0.623. The maximum atomic E-state index is 13.4. The fourth-order valence-electron chi connectivity index (χ4n) is 3.29. The average molecular weight is 428 g/mol. The highest BCUT2D eigenvalue weighted by atomic mass is 16.5. The molecule has 0 amide bonds. The number of ether oxygens (including phenoxy) is 3. The van der Waals surface area contributed by atoms with E-state index < -0.39 is 18.5 Å². The molecule has 0 saturated heterocycles. The Hall–Kier alpha value is -3.49. The second-order valence-electron chi connectivity index (χ2n) is 6.79.